The maximum Gasteiger partial charge on any atom is 0.490 e. The molecule has 1 saturated carbocycles. The van der Waals surface area contributed by atoms with Crippen LogP contribution in [0.5, 0.6) is 0 Å². The second-order valence-electron chi connectivity index (χ2n) is 8.28. The van der Waals surface area contributed by atoms with Gasteiger partial charge in [0.05, 0.1) is 32.0 Å². The molecule has 9 nitrogen and oxygen atoms in total. The molecule has 3 heterocycles. The standard InChI is InChI=1S/C19H24N2O3.2C2HF3O2/c1-14-4-5-16(24-14)12-21-9-10-22-19-17(21)6-7-18(19)23-13-15-3-2-8-20-11-15;2*3-2(4,5)1(6)7/h2-5,8,11,17-19H,6-7,9-10,12-13H2,1H3;2*(H,6,7)/t17-,18-,19+;;/m0../s1. The van der Waals surface area contributed by atoms with Gasteiger partial charge in [-0.3, -0.25) is 9.88 Å². The number of alkyl halides is 6. The summed E-state index contributed by atoms with van der Waals surface area (Å²) in [4.78, 5) is 24.4. The van der Waals surface area contributed by atoms with E-state index < -0.39 is 24.3 Å². The van der Waals surface area contributed by atoms with Crippen LogP contribution in [0.15, 0.2) is 41.1 Å². The molecule has 1 aliphatic heterocycles. The zero-order chi connectivity index (χ0) is 28.5. The quantitative estimate of drug-likeness (QED) is 0.522. The molecule has 3 atom stereocenters. The number of ether oxygens (including phenoxy) is 2. The van der Waals surface area contributed by atoms with Gasteiger partial charge < -0.3 is 24.1 Å². The lowest BCUT2D eigenvalue weighted by Gasteiger charge is -2.38. The third-order valence-corrected chi connectivity index (χ3v) is 5.48. The van der Waals surface area contributed by atoms with Crippen molar-refractivity contribution in [3.8, 4) is 0 Å². The highest BCUT2D eigenvalue weighted by Gasteiger charge is 2.43. The van der Waals surface area contributed by atoms with E-state index in [2.05, 4.69) is 16.0 Å². The molecule has 15 heteroatoms. The van der Waals surface area contributed by atoms with Crippen molar-refractivity contribution in [1.29, 1.82) is 0 Å². The molecular formula is C23H26F6N2O7. The number of aromatic nitrogens is 1. The van der Waals surface area contributed by atoms with E-state index in [4.69, 9.17) is 33.7 Å². The number of nitrogens with zero attached hydrogens (tertiary/aromatic N) is 2. The Kier molecular flexibility index (Phi) is 11.1. The first-order chi connectivity index (χ1) is 17.7. The van der Waals surface area contributed by atoms with Crippen LogP contribution >= 0.6 is 0 Å². The molecule has 0 radical (unpaired) electrons. The number of furan rings is 1. The van der Waals surface area contributed by atoms with Crippen molar-refractivity contribution in [3.05, 3.63) is 53.7 Å². The Labute approximate surface area is 213 Å². The molecule has 38 heavy (non-hydrogen) atoms. The first kappa shape index (κ1) is 31.1. The van der Waals surface area contributed by atoms with Crippen LogP contribution in [0.3, 0.4) is 0 Å². The van der Waals surface area contributed by atoms with Crippen LogP contribution in [-0.4, -0.2) is 75.8 Å². The van der Waals surface area contributed by atoms with Gasteiger partial charge in [-0.15, -0.1) is 0 Å². The molecule has 0 aromatic carbocycles. The van der Waals surface area contributed by atoms with E-state index in [-0.39, 0.29) is 12.2 Å². The summed E-state index contributed by atoms with van der Waals surface area (Å²) in [5.74, 6) is -3.51. The molecule has 2 aliphatic rings. The van der Waals surface area contributed by atoms with Gasteiger partial charge in [0, 0.05) is 25.0 Å². The lowest BCUT2D eigenvalue weighted by atomic mass is 10.1. The van der Waals surface area contributed by atoms with Gasteiger partial charge in [0.1, 0.15) is 11.5 Å². The topological polar surface area (TPSA) is 122 Å². The maximum absolute atomic E-state index is 10.6. The second-order valence-corrected chi connectivity index (χ2v) is 8.28. The molecule has 0 spiro atoms. The Bertz CT molecular complexity index is 1010. The SMILES string of the molecule is Cc1ccc(CN2CCO[C@H]3[C@@H](OCc4cccnc4)CC[C@@H]32)o1.O=C(O)C(F)(F)F.O=C(O)C(F)(F)F. The normalized spacial score (nSPS) is 21.4. The van der Waals surface area contributed by atoms with E-state index in [1.807, 2.05) is 31.3 Å². The molecule has 2 fully saturated rings. The number of hydrogen-bond donors (Lipinski definition) is 2. The van der Waals surface area contributed by atoms with Gasteiger partial charge >= 0.3 is 24.3 Å². The van der Waals surface area contributed by atoms with E-state index >= 15 is 0 Å². The van der Waals surface area contributed by atoms with Crippen molar-refractivity contribution in [2.45, 2.75) is 63.5 Å². The van der Waals surface area contributed by atoms with Crippen LogP contribution in [0.4, 0.5) is 26.3 Å². The number of aryl methyl sites for hydroxylation is 1. The molecule has 212 valence electrons. The summed E-state index contributed by atoms with van der Waals surface area (Å²) >= 11 is 0. The van der Waals surface area contributed by atoms with Crippen LogP contribution in [0.25, 0.3) is 0 Å². The van der Waals surface area contributed by atoms with Crippen molar-refractivity contribution in [3.63, 3.8) is 0 Å². The molecule has 0 unspecified atom stereocenters. The molecule has 1 aliphatic carbocycles. The summed E-state index contributed by atoms with van der Waals surface area (Å²) in [6, 6.07) is 8.52. The summed E-state index contributed by atoms with van der Waals surface area (Å²) in [5, 5.41) is 14.2. The van der Waals surface area contributed by atoms with E-state index in [9.17, 15) is 26.3 Å². The molecule has 2 N–H and O–H groups in total. The van der Waals surface area contributed by atoms with Crippen molar-refractivity contribution in [2.24, 2.45) is 0 Å². The third-order valence-electron chi connectivity index (χ3n) is 5.48. The molecule has 2 aromatic rings. The number of morpholine rings is 1. The average Bonchev–Trinajstić information content (AvgIpc) is 3.44. The van der Waals surface area contributed by atoms with Crippen molar-refractivity contribution >= 4 is 11.9 Å². The molecule has 0 amide bonds. The summed E-state index contributed by atoms with van der Waals surface area (Å²) < 4.78 is 81.4. The number of rotatable bonds is 5. The second kappa shape index (κ2) is 13.6. The summed E-state index contributed by atoms with van der Waals surface area (Å²) in [7, 11) is 0. The molecule has 2 aromatic heterocycles. The van der Waals surface area contributed by atoms with Crippen LogP contribution in [0.1, 0.15) is 29.9 Å². The van der Waals surface area contributed by atoms with Gasteiger partial charge in [-0.05, 0) is 43.5 Å². The summed E-state index contributed by atoms with van der Waals surface area (Å²) in [6.07, 6.45) is -4.04. The highest BCUT2D eigenvalue weighted by atomic mass is 19.4. The lowest BCUT2D eigenvalue weighted by molar-refractivity contribution is -0.193. The highest BCUT2D eigenvalue weighted by molar-refractivity contribution is 5.73. The van der Waals surface area contributed by atoms with E-state index in [1.165, 1.54) is 0 Å². The minimum absolute atomic E-state index is 0.159. The Morgan fingerprint density at radius 2 is 1.71 bits per heavy atom. The number of hydrogen-bond acceptors (Lipinski definition) is 7. The van der Waals surface area contributed by atoms with Gasteiger partial charge in [0.15, 0.2) is 0 Å². The fourth-order valence-electron chi connectivity index (χ4n) is 3.82. The van der Waals surface area contributed by atoms with Crippen LogP contribution < -0.4 is 0 Å². The van der Waals surface area contributed by atoms with Crippen molar-refractivity contribution < 1.29 is 60.0 Å². The predicted molar refractivity (Wildman–Crippen MR) is 117 cm³/mol. The number of halogens is 6. The van der Waals surface area contributed by atoms with Gasteiger partial charge in [-0.1, -0.05) is 6.07 Å². The number of fused-ring (bicyclic) bond motifs is 1. The summed E-state index contributed by atoms with van der Waals surface area (Å²) in [6.45, 7) is 5.16. The monoisotopic (exact) mass is 556 g/mol. The Hall–Kier alpha value is -3.17. The van der Waals surface area contributed by atoms with Gasteiger partial charge in [-0.2, -0.15) is 26.3 Å². The molecule has 0 bridgehead atoms. The number of carboxylic acid groups (broad SMARTS) is 2. The maximum atomic E-state index is 10.6. The average molecular weight is 556 g/mol. The lowest BCUT2D eigenvalue weighted by Crippen LogP contribution is -2.51. The Balaban J connectivity index is 0.000000301. The number of carboxylic acids is 2. The zero-order valence-corrected chi connectivity index (χ0v) is 20.0. The van der Waals surface area contributed by atoms with E-state index in [0.29, 0.717) is 12.6 Å². The smallest absolute Gasteiger partial charge is 0.475 e. The first-order valence-electron chi connectivity index (χ1n) is 11.2. The Morgan fingerprint density at radius 3 is 2.21 bits per heavy atom. The minimum atomic E-state index is -5.08. The van der Waals surface area contributed by atoms with Crippen LogP contribution in [0.2, 0.25) is 0 Å². The largest absolute Gasteiger partial charge is 0.490 e. The fraction of sp³-hybridized carbons (Fsp3) is 0.522. The third kappa shape index (κ3) is 9.95. The predicted octanol–water partition coefficient (Wildman–Crippen LogP) is 4.20. The van der Waals surface area contributed by atoms with Crippen molar-refractivity contribution in [2.75, 3.05) is 13.2 Å². The van der Waals surface area contributed by atoms with E-state index in [0.717, 1.165) is 49.6 Å². The van der Waals surface area contributed by atoms with Gasteiger partial charge in [-0.25, -0.2) is 9.59 Å². The number of pyridine rings is 1. The molecular weight excluding hydrogens is 530 g/mol. The zero-order valence-electron chi connectivity index (χ0n) is 20.0. The fourth-order valence-corrected chi connectivity index (χ4v) is 3.82. The molecule has 4 rings (SSSR count). The molecule has 1 saturated heterocycles. The highest BCUT2D eigenvalue weighted by Crippen LogP contribution is 2.33. The van der Waals surface area contributed by atoms with E-state index in [1.54, 1.807) is 6.20 Å². The van der Waals surface area contributed by atoms with Gasteiger partial charge in [0.25, 0.3) is 0 Å². The number of carbonyl (C=O) groups is 2. The first-order valence-corrected chi connectivity index (χ1v) is 11.2. The van der Waals surface area contributed by atoms with Crippen LogP contribution in [-0.2, 0) is 32.2 Å². The summed E-state index contributed by atoms with van der Waals surface area (Å²) in [5.41, 5.74) is 1.11. The number of aliphatic carboxylic acids is 2. The van der Waals surface area contributed by atoms with Crippen LogP contribution in [0, 0.1) is 6.92 Å². The van der Waals surface area contributed by atoms with Gasteiger partial charge in [0.2, 0.25) is 0 Å². The van der Waals surface area contributed by atoms with Crippen molar-refractivity contribution in [1.82, 2.24) is 9.88 Å². The Morgan fingerprint density at radius 1 is 1.08 bits per heavy atom. The minimum Gasteiger partial charge on any atom is -0.475 e.